The Morgan fingerprint density at radius 2 is 2.08 bits per heavy atom. The van der Waals surface area contributed by atoms with Crippen LogP contribution in [0, 0.1) is 0 Å². The summed E-state index contributed by atoms with van der Waals surface area (Å²) < 4.78 is 5.75. The summed E-state index contributed by atoms with van der Waals surface area (Å²) in [4.78, 5) is 9.97. The molecule has 1 N–H and O–H groups in total. The summed E-state index contributed by atoms with van der Waals surface area (Å²) in [6.07, 6.45) is 6.93. The van der Waals surface area contributed by atoms with Crippen molar-refractivity contribution in [1.82, 2.24) is 5.32 Å². The molecule has 76 valence electrons. The van der Waals surface area contributed by atoms with E-state index in [1.165, 1.54) is 19.3 Å². The van der Waals surface area contributed by atoms with Gasteiger partial charge >= 0.3 is 0 Å². The highest BCUT2D eigenvalue weighted by Gasteiger charge is 2.26. The summed E-state index contributed by atoms with van der Waals surface area (Å²) >= 11 is 0. The maximum absolute atomic E-state index is 9.97. The van der Waals surface area contributed by atoms with Gasteiger partial charge in [0.1, 0.15) is 0 Å². The molecule has 0 atom stereocenters. The first-order valence-corrected chi connectivity index (χ1v) is 5.08. The number of hydrogen-bond acceptors (Lipinski definition) is 2. The van der Waals surface area contributed by atoms with Gasteiger partial charge in [0.05, 0.1) is 12.2 Å². The molecule has 0 aromatic rings. The molecule has 1 rings (SSSR count). The SMILES string of the molecule is CC1(OCCNC=O)CCCCC1. The van der Waals surface area contributed by atoms with Crippen LogP contribution in [0.5, 0.6) is 0 Å². The molecule has 1 amide bonds. The quantitative estimate of drug-likeness (QED) is 0.520. The predicted octanol–water partition coefficient (Wildman–Crippen LogP) is 1.47. The number of nitrogens with one attached hydrogen (secondary N) is 1. The molecule has 0 radical (unpaired) electrons. The molecule has 3 nitrogen and oxygen atoms in total. The summed E-state index contributed by atoms with van der Waals surface area (Å²) in [7, 11) is 0. The molecular formula is C10H19NO2. The van der Waals surface area contributed by atoms with Gasteiger partial charge in [-0.2, -0.15) is 0 Å². The molecule has 0 aliphatic heterocycles. The average molecular weight is 185 g/mol. The number of hydrogen-bond donors (Lipinski definition) is 1. The van der Waals surface area contributed by atoms with Gasteiger partial charge in [0.2, 0.25) is 6.41 Å². The van der Waals surface area contributed by atoms with E-state index < -0.39 is 0 Å². The van der Waals surface area contributed by atoms with Crippen LogP contribution < -0.4 is 5.32 Å². The maximum Gasteiger partial charge on any atom is 0.207 e. The van der Waals surface area contributed by atoms with Crippen molar-refractivity contribution in [3.05, 3.63) is 0 Å². The molecule has 1 aliphatic carbocycles. The molecule has 0 aromatic heterocycles. The van der Waals surface area contributed by atoms with Gasteiger partial charge in [0.25, 0.3) is 0 Å². The van der Waals surface area contributed by atoms with Crippen LogP contribution >= 0.6 is 0 Å². The summed E-state index contributed by atoms with van der Waals surface area (Å²) in [5, 5.41) is 2.60. The number of rotatable bonds is 5. The fourth-order valence-corrected chi connectivity index (χ4v) is 1.86. The molecule has 0 spiro atoms. The lowest BCUT2D eigenvalue weighted by molar-refractivity contribution is -0.110. The first-order chi connectivity index (χ1) is 6.27. The zero-order chi connectivity index (χ0) is 9.57. The third kappa shape index (κ3) is 3.77. The number of carbonyl (C=O) groups excluding carboxylic acids is 1. The van der Waals surface area contributed by atoms with Crippen LogP contribution in [-0.4, -0.2) is 25.2 Å². The van der Waals surface area contributed by atoms with Gasteiger partial charge in [-0.05, 0) is 19.8 Å². The first-order valence-electron chi connectivity index (χ1n) is 5.08. The molecule has 1 aliphatic rings. The Balaban J connectivity index is 2.13. The van der Waals surface area contributed by atoms with E-state index in [0.29, 0.717) is 19.6 Å². The summed E-state index contributed by atoms with van der Waals surface area (Å²) in [6.45, 7) is 3.43. The van der Waals surface area contributed by atoms with E-state index >= 15 is 0 Å². The molecule has 1 fully saturated rings. The van der Waals surface area contributed by atoms with Gasteiger partial charge in [0, 0.05) is 6.54 Å². The number of amides is 1. The second kappa shape index (κ2) is 5.22. The lowest BCUT2D eigenvalue weighted by atomic mass is 9.86. The van der Waals surface area contributed by atoms with Gasteiger partial charge in [-0.1, -0.05) is 19.3 Å². The Bertz CT molecular complexity index is 153. The largest absolute Gasteiger partial charge is 0.373 e. The topological polar surface area (TPSA) is 38.3 Å². The molecule has 0 heterocycles. The Morgan fingerprint density at radius 1 is 1.38 bits per heavy atom. The normalized spacial score (nSPS) is 21.0. The molecule has 3 heteroatoms. The van der Waals surface area contributed by atoms with Crippen molar-refractivity contribution in [2.75, 3.05) is 13.2 Å². The van der Waals surface area contributed by atoms with Crippen LogP contribution in [0.15, 0.2) is 0 Å². The standard InChI is InChI=1S/C10H19NO2/c1-10(5-3-2-4-6-10)13-8-7-11-9-12/h9H,2-8H2,1H3,(H,11,12). The monoisotopic (exact) mass is 185 g/mol. The molecule has 0 bridgehead atoms. The van der Waals surface area contributed by atoms with Crippen molar-refractivity contribution in [2.24, 2.45) is 0 Å². The maximum atomic E-state index is 9.97. The van der Waals surface area contributed by atoms with Crippen LogP contribution in [-0.2, 0) is 9.53 Å². The Hall–Kier alpha value is -0.570. The van der Waals surface area contributed by atoms with Crippen molar-refractivity contribution in [3.63, 3.8) is 0 Å². The third-order valence-corrected chi connectivity index (χ3v) is 2.69. The summed E-state index contributed by atoms with van der Waals surface area (Å²) in [5.41, 5.74) is 0.0722. The van der Waals surface area contributed by atoms with Gasteiger partial charge < -0.3 is 10.1 Å². The molecule has 1 saturated carbocycles. The van der Waals surface area contributed by atoms with Crippen molar-refractivity contribution in [3.8, 4) is 0 Å². The fraction of sp³-hybridized carbons (Fsp3) is 0.900. The van der Waals surface area contributed by atoms with E-state index in [1.807, 2.05) is 0 Å². The van der Waals surface area contributed by atoms with Crippen molar-refractivity contribution < 1.29 is 9.53 Å². The van der Waals surface area contributed by atoms with Gasteiger partial charge in [-0.25, -0.2) is 0 Å². The van der Waals surface area contributed by atoms with E-state index in [9.17, 15) is 4.79 Å². The smallest absolute Gasteiger partial charge is 0.207 e. The second-order valence-electron chi connectivity index (χ2n) is 3.93. The highest BCUT2D eigenvalue weighted by atomic mass is 16.5. The minimum atomic E-state index is 0.0722. The van der Waals surface area contributed by atoms with Crippen LogP contribution in [0.2, 0.25) is 0 Å². The second-order valence-corrected chi connectivity index (χ2v) is 3.93. The van der Waals surface area contributed by atoms with E-state index in [1.54, 1.807) is 0 Å². The molecular weight excluding hydrogens is 166 g/mol. The number of carbonyl (C=O) groups is 1. The van der Waals surface area contributed by atoms with Crippen LogP contribution in [0.3, 0.4) is 0 Å². The van der Waals surface area contributed by atoms with Crippen molar-refractivity contribution >= 4 is 6.41 Å². The first kappa shape index (κ1) is 10.5. The average Bonchev–Trinajstić information content (AvgIpc) is 2.14. The lowest BCUT2D eigenvalue weighted by Gasteiger charge is -2.33. The van der Waals surface area contributed by atoms with Crippen LogP contribution in [0.1, 0.15) is 39.0 Å². The molecule has 13 heavy (non-hydrogen) atoms. The Kier molecular flexibility index (Phi) is 4.22. The van der Waals surface area contributed by atoms with Crippen LogP contribution in [0.4, 0.5) is 0 Å². The number of ether oxygens (including phenoxy) is 1. The molecule has 0 aromatic carbocycles. The molecule has 0 unspecified atom stereocenters. The van der Waals surface area contributed by atoms with Gasteiger partial charge in [-0.15, -0.1) is 0 Å². The lowest BCUT2D eigenvalue weighted by Crippen LogP contribution is -2.34. The minimum absolute atomic E-state index is 0.0722. The van der Waals surface area contributed by atoms with E-state index in [0.717, 1.165) is 12.8 Å². The van der Waals surface area contributed by atoms with E-state index in [2.05, 4.69) is 12.2 Å². The Labute approximate surface area is 79.8 Å². The zero-order valence-corrected chi connectivity index (χ0v) is 8.34. The van der Waals surface area contributed by atoms with Crippen LogP contribution in [0.25, 0.3) is 0 Å². The van der Waals surface area contributed by atoms with E-state index in [-0.39, 0.29) is 5.60 Å². The van der Waals surface area contributed by atoms with Gasteiger partial charge in [0.15, 0.2) is 0 Å². The van der Waals surface area contributed by atoms with Crippen molar-refractivity contribution in [2.45, 2.75) is 44.6 Å². The van der Waals surface area contributed by atoms with Gasteiger partial charge in [-0.3, -0.25) is 4.79 Å². The fourth-order valence-electron chi connectivity index (χ4n) is 1.86. The minimum Gasteiger partial charge on any atom is -0.373 e. The van der Waals surface area contributed by atoms with E-state index in [4.69, 9.17) is 4.74 Å². The highest BCUT2D eigenvalue weighted by Crippen LogP contribution is 2.30. The van der Waals surface area contributed by atoms with Crippen molar-refractivity contribution in [1.29, 1.82) is 0 Å². The summed E-state index contributed by atoms with van der Waals surface area (Å²) in [6, 6.07) is 0. The zero-order valence-electron chi connectivity index (χ0n) is 8.34. The predicted molar refractivity (Wildman–Crippen MR) is 51.5 cm³/mol. The Morgan fingerprint density at radius 3 is 2.69 bits per heavy atom. The summed E-state index contributed by atoms with van der Waals surface area (Å²) in [5.74, 6) is 0. The third-order valence-electron chi connectivity index (χ3n) is 2.69. The molecule has 0 saturated heterocycles. The highest BCUT2D eigenvalue weighted by molar-refractivity contribution is 5.45.